The van der Waals surface area contributed by atoms with Gasteiger partial charge in [-0.25, -0.2) is 4.98 Å². The minimum atomic E-state index is 0.655. The summed E-state index contributed by atoms with van der Waals surface area (Å²) in [7, 11) is 0. The van der Waals surface area contributed by atoms with Crippen LogP contribution in [0, 0.1) is 0 Å². The fourth-order valence-electron chi connectivity index (χ4n) is 3.07. The molecule has 3 aromatic rings. The van der Waals surface area contributed by atoms with E-state index in [1.165, 1.54) is 27.9 Å². The number of benzene rings is 2. The fraction of sp³-hybridized carbons (Fsp3) is 0.235. The molecule has 0 bridgehead atoms. The summed E-state index contributed by atoms with van der Waals surface area (Å²) in [5.74, 6) is 0. The average molecular weight is 295 g/mol. The molecule has 2 heterocycles. The largest absolute Gasteiger partial charge is 0.375 e. The van der Waals surface area contributed by atoms with E-state index in [-0.39, 0.29) is 0 Å². The average Bonchev–Trinajstić information content (AvgIpc) is 2.85. The minimum absolute atomic E-state index is 0.655. The summed E-state index contributed by atoms with van der Waals surface area (Å²) in [5, 5.41) is 0.655. The second-order valence-corrected chi connectivity index (χ2v) is 6.57. The summed E-state index contributed by atoms with van der Waals surface area (Å²) in [4.78, 5) is 6.89. The van der Waals surface area contributed by atoms with E-state index >= 15 is 0 Å². The van der Waals surface area contributed by atoms with Crippen molar-refractivity contribution in [1.82, 2.24) is 4.98 Å². The number of nitrogen functional groups attached to an aromatic ring is 1. The van der Waals surface area contributed by atoms with Crippen LogP contribution >= 0.6 is 11.3 Å². The van der Waals surface area contributed by atoms with E-state index in [0.29, 0.717) is 5.13 Å². The number of aromatic nitrogens is 1. The van der Waals surface area contributed by atoms with Gasteiger partial charge in [-0.3, -0.25) is 0 Å². The standard InChI is InChI=1S/C17H17N3S/c18-17-19-14-10-15-13(9-16(14)21-17)7-4-8-20(15)11-12-5-2-1-3-6-12/h1-3,5-6,9-10H,4,7-8,11H2,(H2,18,19). The van der Waals surface area contributed by atoms with Gasteiger partial charge in [-0.15, -0.1) is 0 Å². The molecule has 106 valence electrons. The summed E-state index contributed by atoms with van der Waals surface area (Å²) >= 11 is 1.58. The molecule has 1 aliphatic rings. The molecule has 21 heavy (non-hydrogen) atoms. The Morgan fingerprint density at radius 3 is 2.90 bits per heavy atom. The van der Waals surface area contributed by atoms with E-state index in [0.717, 1.165) is 25.0 Å². The van der Waals surface area contributed by atoms with Crippen LogP contribution in [0.2, 0.25) is 0 Å². The van der Waals surface area contributed by atoms with Crippen molar-refractivity contribution in [2.75, 3.05) is 17.2 Å². The third-order valence-corrected chi connectivity index (χ3v) is 4.88. The fourth-order valence-corrected chi connectivity index (χ4v) is 3.85. The highest BCUT2D eigenvalue weighted by Crippen LogP contribution is 2.35. The van der Waals surface area contributed by atoms with E-state index in [4.69, 9.17) is 5.73 Å². The lowest BCUT2D eigenvalue weighted by Crippen LogP contribution is -2.28. The van der Waals surface area contributed by atoms with Gasteiger partial charge in [0, 0.05) is 18.8 Å². The van der Waals surface area contributed by atoms with Crippen LogP contribution in [0.4, 0.5) is 10.8 Å². The van der Waals surface area contributed by atoms with Gasteiger partial charge >= 0.3 is 0 Å². The highest BCUT2D eigenvalue weighted by molar-refractivity contribution is 7.22. The molecule has 0 amide bonds. The summed E-state index contributed by atoms with van der Waals surface area (Å²) in [6, 6.07) is 15.1. The molecule has 0 saturated heterocycles. The summed E-state index contributed by atoms with van der Waals surface area (Å²) in [6.45, 7) is 2.06. The number of hydrogen-bond acceptors (Lipinski definition) is 4. The number of anilines is 2. The normalized spacial score (nSPS) is 14.4. The predicted octanol–water partition coefficient (Wildman–Crippen LogP) is 3.83. The van der Waals surface area contributed by atoms with Gasteiger partial charge in [0.15, 0.2) is 5.13 Å². The molecule has 1 aliphatic heterocycles. The van der Waals surface area contributed by atoms with E-state index in [2.05, 4.69) is 52.3 Å². The van der Waals surface area contributed by atoms with E-state index in [9.17, 15) is 0 Å². The van der Waals surface area contributed by atoms with Crippen LogP contribution in [0.3, 0.4) is 0 Å². The number of aryl methyl sites for hydroxylation is 1. The maximum atomic E-state index is 5.84. The topological polar surface area (TPSA) is 42.1 Å². The van der Waals surface area contributed by atoms with Crippen LogP contribution in [0.5, 0.6) is 0 Å². The predicted molar refractivity (Wildman–Crippen MR) is 89.8 cm³/mol. The van der Waals surface area contributed by atoms with E-state index < -0.39 is 0 Å². The van der Waals surface area contributed by atoms with Gasteiger partial charge in [-0.2, -0.15) is 0 Å². The highest BCUT2D eigenvalue weighted by atomic mass is 32.1. The molecule has 0 saturated carbocycles. The Morgan fingerprint density at radius 2 is 2.05 bits per heavy atom. The van der Waals surface area contributed by atoms with Crippen molar-refractivity contribution in [3.8, 4) is 0 Å². The van der Waals surface area contributed by atoms with Crippen molar-refractivity contribution < 1.29 is 0 Å². The number of nitrogens with two attached hydrogens (primary N) is 1. The Hall–Kier alpha value is -2.07. The molecular formula is C17H17N3S. The maximum absolute atomic E-state index is 5.84. The van der Waals surface area contributed by atoms with Crippen LogP contribution < -0.4 is 10.6 Å². The molecule has 2 N–H and O–H groups in total. The van der Waals surface area contributed by atoms with Crippen molar-refractivity contribution in [2.24, 2.45) is 0 Å². The van der Waals surface area contributed by atoms with Gasteiger partial charge in [-0.05, 0) is 36.1 Å². The Balaban J connectivity index is 1.74. The lowest BCUT2D eigenvalue weighted by molar-refractivity contribution is 0.692. The Morgan fingerprint density at radius 1 is 1.19 bits per heavy atom. The smallest absolute Gasteiger partial charge is 0.181 e. The van der Waals surface area contributed by atoms with Gasteiger partial charge < -0.3 is 10.6 Å². The SMILES string of the molecule is Nc1nc2cc3c(cc2s1)CCCN3Cc1ccccc1. The van der Waals surface area contributed by atoms with Gasteiger partial charge in [0.25, 0.3) is 0 Å². The molecule has 0 unspecified atom stereocenters. The van der Waals surface area contributed by atoms with Crippen LogP contribution in [0.15, 0.2) is 42.5 Å². The first kappa shape index (κ1) is 12.7. The van der Waals surface area contributed by atoms with Crippen LogP contribution in [-0.4, -0.2) is 11.5 Å². The zero-order chi connectivity index (χ0) is 14.2. The first-order valence-corrected chi connectivity index (χ1v) is 8.09. The van der Waals surface area contributed by atoms with Gasteiger partial charge in [-0.1, -0.05) is 41.7 Å². The number of fused-ring (bicyclic) bond motifs is 2. The molecule has 4 heteroatoms. The van der Waals surface area contributed by atoms with Crippen molar-refractivity contribution >= 4 is 32.4 Å². The number of hydrogen-bond donors (Lipinski definition) is 1. The van der Waals surface area contributed by atoms with Crippen molar-refractivity contribution in [2.45, 2.75) is 19.4 Å². The monoisotopic (exact) mass is 295 g/mol. The summed E-state index contributed by atoms with van der Waals surface area (Å²) in [5.41, 5.74) is 11.0. The van der Waals surface area contributed by atoms with Crippen molar-refractivity contribution in [3.63, 3.8) is 0 Å². The van der Waals surface area contributed by atoms with Crippen molar-refractivity contribution in [3.05, 3.63) is 53.6 Å². The minimum Gasteiger partial charge on any atom is -0.375 e. The Kier molecular flexibility index (Phi) is 3.04. The molecule has 0 radical (unpaired) electrons. The molecule has 4 rings (SSSR count). The maximum Gasteiger partial charge on any atom is 0.181 e. The molecular weight excluding hydrogens is 278 g/mol. The highest BCUT2D eigenvalue weighted by Gasteiger charge is 2.19. The zero-order valence-corrected chi connectivity index (χ0v) is 12.6. The number of nitrogens with zero attached hydrogens (tertiary/aromatic N) is 2. The second-order valence-electron chi connectivity index (χ2n) is 5.51. The third-order valence-electron chi connectivity index (χ3n) is 4.04. The zero-order valence-electron chi connectivity index (χ0n) is 11.7. The van der Waals surface area contributed by atoms with Gasteiger partial charge in [0.2, 0.25) is 0 Å². The molecule has 0 aliphatic carbocycles. The number of thiazole rings is 1. The molecule has 0 spiro atoms. The van der Waals surface area contributed by atoms with Crippen LogP contribution in [-0.2, 0) is 13.0 Å². The quantitative estimate of drug-likeness (QED) is 0.781. The first-order chi connectivity index (χ1) is 10.3. The Bertz CT molecular complexity index is 779. The molecule has 3 nitrogen and oxygen atoms in total. The second kappa shape index (κ2) is 5.04. The number of rotatable bonds is 2. The summed E-state index contributed by atoms with van der Waals surface area (Å²) in [6.07, 6.45) is 2.36. The summed E-state index contributed by atoms with van der Waals surface area (Å²) < 4.78 is 1.20. The van der Waals surface area contributed by atoms with E-state index in [1.54, 1.807) is 11.3 Å². The van der Waals surface area contributed by atoms with Crippen LogP contribution in [0.1, 0.15) is 17.5 Å². The third kappa shape index (κ3) is 2.36. The molecule has 0 fully saturated rings. The lowest BCUT2D eigenvalue weighted by atomic mass is 10.0. The Labute approximate surface area is 128 Å². The molecule has 2 aromatic carbocycles. The van der Waals surface area contributed by atoms with Crippen molar-refractivity contribution in [1.29, 1.82) is 0 Å². The molecule has 1 aromatic heterocycles. The van der Waals surface area contributed by atoms with E-state index in [1.807, 2.05) is 0 Å². The van der Waals surface area contributed by atoms with Crippen LogP contribution in [0.25, 0.3) is 10.2 Å². The van der Waals surface area contributed by atoms with Gasteiger partial charge in [0.05, 0.1) is 10.2 Å². The molecule has 0 atom stereocenters. The lowest BCUT2D eigenvalue weighted by Gasteiger charge is -2.31. The first-order valence-electron chi connectivity index (χ1n) is 7.27. The van der Waals surface area contributed by atoms with Gasteiger partial charge in [0.1, 0.15) is 0 Å².